The van der Waals surface area contributed by atoms with Crippen LogP contribution in [0.4, 0.5) is 0 Å². The van der Waals surface area contributed by atoms with Gasteiger partial charge in [0.1, 0.15) is 23.8 Å². The second-order valence-electron chi connectivity index (χ2n) is 8.54. The molecule has 0 spiro atoms. The summed E-state index contributed by atoms with van der Waals surface area (Å²) in [6.45, 7) is 11.0. The number of allylic oxidation sites excluding steroid dienone is 5. The minimum atomic E-state index is 0.128. The van der Waals surface area contributed by atoms with Gasteiger partial charge in [0.15, 0.2) is 0 Å². The fourth-order valence-corrected chi connectivity index (χ4v) is 4.60. The first kappa shape index (κ1) is 24.9. The first-order chi connectivity index (χ1) is 16.9. The number of aromatic nitrogens is 2. The minimum Gasteiger partial charge on any atom is -0.489 e. The monoisotopic (exact) mass is 506 g/mol. The summed E-state index contributed by atoms with van der Waals surface area (Å²) in [5.74, 6) is 1.65. The summed E-state index contributed by atoms with van der Waals surface area (Å²) in [6.07, 6.45) is 10.0. The molecule has 0 N–H and O–H groups in total. The number of hydrogen-bond donors (Lipinski definition) is 0. The average molecular weight is 507 g/mol. The van der Waals surface area contributed by atoms with Gasteiger partial charge in [-0.15, -0.1) is 0 Å². The van der Waals surface area contributed by atoms with Crippen molar-refractivity contribution in [3.8, 4) is 17.0 Å². The molecule has 0 aliphatic heterocycles. The molecule has 0 aliphatic rings. The summed E-state index contributed by atoms with van der Waals surface area (Å²) < 4.78 is 14.1. The Kier molecular flexibility index (Phi) is 7.84. The van der Waals surface area contributed by atoms with Crippen molar-refractivity contribution in [2.75, 3.05) is 0 Å². The highest BCUT2D eigenvalue weighted by atomic mass is 35.5. The second-order valence-corrected chi connectivity index (χ2v) is 9.35. The van der Waals surface area contributed by atoms with Gasteiger partial charge in [-0.05, 0) is 48.9 Å². The van der Waals surface area contributed by atoms with Gasteiger partial charge in [-0.2, -0.15) is 0 Å². The lowest BCUT2D eigenvalue weighted by atomic mass is 10.0. The van der Waals surface area contributed by atoms with Crippen molar-refractivity contribution < 1.29 is 9.26 Å². The Morgan fingerprint density at radius 2 is 1.94 bits per heavy atom. The SMILES string of the molecule is C=C/C=C\C(=C/C)Cn1ccc2cc(OCc3c(-c4c(Cl)cccc4Cl)noc3C(C)C)ccc21. The van der Waals surface area contributed by atoms with Crippen molar-refractivity contribution in [1.29, 1.82) is 0 Å². The summed E-state index contributed by atoms with van der Waals surface area (Å²) in [7, 11) is 0. The van der Waals surface area contributed by atoms with E-state index in [4.69, 9.17) is 32.5 Å². The molecular formula is C29H28Cl2N2O2. The highest BCUT2D eigenvalue weighted by Crippen LogP contribution is 2.39. The molecule has 4 nitrogen and oxygen atoms in total. The van der Waals surface area contributed by atoms with Crippen molar-refractivity contribution in [3.63, 3.8) is 0 Å². The van der Waals surface area contributed by atoms with Crippen LogP contribution in [0.5, 0.6) is 5.75 Å². The van der Waals surface area contributed by atoms with E-state index in [9.17, 15) is 0 Å². The predicted octanol–water partition coefficient (Wildman–Crippen LogP) is 8.99. The molecule has 2 aromatic carbocycles. The molecule has 4 rings (SSSR count). The molecule has 0 bridgehead atoms. The van der Waals surface area contributed by atoms with Gasteiger partial charge in [-0.1, -0.05) is 79.2 Å². The lowest BCUT2D eigenvalue weighted by Crippen LogP contribution is -2.01. The van der Waals surface area contributed by atoms with Crippen LogP contribution in [0.25, 0.3) is 22.2 Å². The third-order valence-corrected chi connectivity index (χ3v) is 6.47. The lowest BCUT2D eigenvalue weighted by Gasteiger charge is -2.11. The number of fused-ring (bicyclic) bond motifs is 1. The molecule has 4 aromatic rings. The normalized spacial score (nSPS) is 12.2. The summed E-state index contributed by atoms with van der Waals surface area (Å²) in [5.41, 5.74) is 4.47. The fraction of sp³-hybridized carbons (Fsp3) is 0.207. The maximum atomic E-state index is 6.46. The Morgan fingerprint density at radius 1 is 1.17 bits per heavy atom. The number of rotatable bonds is 9. The van der Waals surface area contributed by atoms with Crippen molar-refractivity contribution in [3.05, 3.63) is 106 Å². The molecule has 35 heavy (non-hydrogen) atoms. The molecule has 0 saturated carbocycles. The molecule has 6 heteroatoms. The Balaban J connectivity index is 1.60. The number of halogens is 2. The van der Waals surface area contributed by atoms with Crippen molar-refractivity contribution in [1.82, 2.24) is 9.72 Å². The van der Waals surface area contributed by atoms with Gasteiger partial charge < -0.3 is 13.8 Å². The number of ether oxygens (including phenoxy) is 1. The van der Waals surface area contributed by atoms with Gasteiger partial charge in [0.2, 0.25) is 0 Å². The quantitative estimate of drug-likeness (QED) is 0.212. The molecule has 0 fully saturated rings. The largest absolute Gasteiger partial charge is 0.489 e. The van der Waals surface area contributed by atoms with Gasteiger partial charge in [0.05, 0.1) is 15.6 Å². The van der Waals surface area contributed by atoms with Gasteiger partial charge in [0, 0.05) is 35.1 Å². The highest BCUT2D eigenvalue weighted by Gasteiger charge is 2.23. The fourth-order valence-electron chi connectivity index (χ4n) is 4.03. The minimum absolute atomic E-state index is 0.128. The third-order valence-electron chi connectivity index (χ3n) is 5.84. The number of hydrogen-bond acceptors (Lipinski definition) is 3. The maximum absolute atomic E-state index is 6.46. The molecule has 0 aliphatic carbocycles. The lowest BCUT2D eigenvalue weighted by molar-refractivity contribution is 0.299. The second kappa shape index (κ2) is 11.0. The van der Waals surface area contributed by atoms with E-state index in [-0.39, 0.29) is 12.5 Å². The smallest absolute Gasteiger partial charge is 0.146 e. The average Bonchev–Trinajstić information content (AvgIpc) is 3.44. The third kappa shape index (κ3) is 5.39. The highest BCUT2D eigenvalue weighted by molar-refractivity contribution is 6.39. The standard InChI is InChI=1S/C29H28Cl2N2O2/c1-5-7-9-20(6-2)17-33-15-14-21-16-22(12-13-26(21)33)34-18-23-28(32-35-29(23)19(3)4)27-24(30)10-8-11-25(27)31/h5-16,19H,1,17-18H2,2-4H3/b9-7-,20-6+. The first-order valence-corrected chi connectivity index (χ1v) is 12.3. The molecular weight excluding hydrogens is 479 g/mol. The van der Waals surface area contributed by atoms with Gasteiger partial charge in [0.25, 0.3) is 0 Å². The van der Waals surface area contributed by atoms with Crippen molar-refractivity contribution >= 4 is 34.1 Å². The number of benzene rings is 2. The van der Waals surface area contributed by atoms with Crippen LogP contribution in [0.2, 0.25) is 10.0 Å². The Labute approximate surface area is 216 Å². The molecule has 0 unspecified atom stereocenters. The molecule has 180 valence electrons. The van der Waals surface area contributed by atoms with E-state index in [0.29, 0.717) is 21.3 Å². The van der Waals surface area contributed by atoms with E-state index < -0.39 is 0 Å². The van der Waals surface area contributed by atoms with Crippen LogP contribution in [0, 0.1) is 0 Å². The molecule has 2 heterocycles. The van der Waals surface area contributed by atoms with Gasteiger partial charge in [-0.25, -0.2) is 0 Å². The van der Waals surface area contributed by atoms with E-state index in [1.54, 1.807) is 18.2 Å². The Bertz CT molecular complexity index is 1390. The molecule has 2 aromatic heterocycles. The van der Waals surface area contributed by atoms with Crippen molar-refractivity contribution in [2.45, 2.75) is 39.8 Å². The molecule has 0 saturated heterocycles. The topological polar surface area (TPSA) is 40.2 Å². The zero-order valence-corrected chi connectivity index (χ0v) is 21.6. The molecule has 0 atom stereocenters. The summed E-state index contributed by atoms with van der Waals surface area (Å²) in [5, 5.41) is 6.46. The first-order valence-electron chi connectivity index (χ1n) is 11.5. The predicted molar refractivity (Wildman–Crippen MR) is 145 cm³/mol. The summed E-state index contributed by atoms with van der Waals surface area (Å²) in [4.78, 5) is 0. The maximum Gasteiger partial charge on any atom is 0.146 e. The molecule has 0 radical (unpaired) electrons. The van der Waals surface area contributed by atoms with E-state index in [0.717, 1.165) is 34.5 Å². The van der Waals surface area contributed by atoms with Crippen LogP contribution in [0.1, 0.15) is 38.0 Å². The zero-order valence-electron chi connectivity index (χ0n) is 20.1. The van der Waals surface area contributed by atoms with Crippen LogP contribution in [-0.4, -0.2) is 9.72 Å². The van der Waals surface area contributed by atoms with Crippen LogP contribution in [0.15, 0.2) is 89.6 Å². The summed E-state index contributed by atoms with van der Waals surface area (Å²) >= 11 is 12.9. The van der Waals surface area contributed by atoms with Crippen LogP contribution in [0.3, 0.4) is 0 Å². The van der Waals surface area contributed by atoms with E-state index in [2.05, 4.69) is 60.6 Å². The van der Waals surface area contributed by atoms with Gasteiger partial charge in [-0.3, -0.25) is 0 Å². The number of nitrogens with zero attached hydrogens (tertiary/aromatic N) is 2. The van der Waals surface area contributed by atoms with Crippen LogP contribution in [-0.2, 0) is 13.2 Å². The molecule has 0 amide bonds. The van der Waals surface area contributed by atoms with Gasteiger partial charge >= 0.3 is 0 Å². The Hall–Kier alpha value is -3.21. The summed E-state index contributed by atoms with van der Waals surface area (Å²) in [6, 6.07) is 13.6. The van der Waals surface area contributed by atoms with E-state index in [1.807, 2.05) is 31.2 Å². The van der Waals surface area contributed by atoms with Crippen molar-refractivity contribution in [2.24, 2.45) is 0 Å². The Morgan fingerprint density at radius 3 is 2.63 bits per heavy atom. The zero-order chi connectivity index (χ0) is 24.9. The van der Waals surface area contributed by atoms with E-state index in [1.165, 1.54) is 5.57 Å². The van der Waals surface area contributed by atoms with Crippen LogP contribution >= 0.6 is 23.2 Å². The van der Waals surface area contributed by atoms with E-state index >= 15 is 0 Å². The van der Waals surface area contributed by atoms with Crippen LogP contribution < -0.4 is 4.74 Å².